The van der Waals surface area contributed by atoms with E-state index in [-0.39, 0.29) is 6.61 Å². The van der Waals surface area contributed by atoms with Crippen LogP contribution in [-0.2, 0) is 0 Å². The van der Waals surface area contributed by atoms with Crippen molar-refractivity contribution in [2.45, 2.75) is 49.8 Å². The van der Waals surface area contributed by atoms with E-state index >= 15 is 0 Å². The predicted octanol–water partition coefficient (Wildman–Crippen LogP) is 3.42. The average molecular weight is 293 g/mol. The lowest BCUT2D eigenvalue weighted by atomic mass is 9.81. The Balaban J connectivity index is 1.97. The monoisotopic (exact) mass is 293 g/mol. The highest BCUT2D eigenvalue weighted by Crippen LogP contribution is 2.38. The topological polar surface area (TPSA) is 32.3 Å². The van der Waals surface area contributed by atoms with Gasteiger partial charge in [0, 0.05) is 17.0 Å². The molecule has 20 heavy (non-hydrogen) atoms. The maximum atomic E-state index is 9.10. The molecular weight excluding hydrogens is 266 g/mol. The summed E-state index contributed by atoms with van der Waals surface area (Å²) in [6.07, 6.45) is 4.95. The standard InChI is InChI=1S/C17H27NOS/c1-2-10-18-16-9-8-15(13-17(16)20-12-11-19)14-6-4-3-5-7-14/h3-7,15-19H,2,8-13H2,1H3. The van der Waals surface area contributed by atoms with Crippen LogP contribution in [0, 0.1) is 0 Å². The van der Waals surface area contributed by atoms with E-state index in [1.807, 2.05) is 11.8 Å². The quantitative estimate of drug-likeness (QED) is 0.808. The Hall–Kier alpha value is -0.510. The second-order valence-electron chi connectivity index (χ2n) is 5.61. The number of aliphatic hydroxyl groups is 1. The molecule has 0 spiro atoms. The average Bonchev–Trinajstić information content (AvgIpc) is 2.52. The predicted molar refractivity (Wildman–Crippen MR) is 88.4 cm³/mol. The van der Waals surface area contributed by atoms with Crippen LogP contribution in [0.1, 0.15) is 44.1 Å². The fourth-order valence-electron chi connectivity index (χ4n) is 3.11. The minimum atomic E-state index is 0.289. The third-order valence-corrected chi connectivity index (χ3v) is 5.51. The number of rotatable bonds is 7. The zero-order chi connectivity index (χ0) is 14.2. The molecule has 1 aliphatic rings. The van der Waals surface area contributed by atoms with Gasteiger partial charge in [-0.05, 0) is 43.7 Å². The van der Waals surface area contributed by atoms with E-state index in [9.17, 15) is 0 Å². The summed E-state index contributed by atoms with van der Waals surface area (Å²) < 4.78 is 0. The van der Waals surface area contributed by atoms with E-state index in [4.69, 9.17) is 5.11 Å². The molecule has 1 aromatic rings. The Morgan fingerprint density at radius 1 is 1.25 bits per heavy atom. The number of aliphatic hydroxyl groups excluding tert-OH is 1. The van der Waals surface area contributed by atoms with E-state index in [0.717, 1.165) is 12.3 Å². The normalized spacial score (nSPS) is 26.6. The lowest BCUT2D eigenvalue weighted by molar-refractivity contribution is 0.320. The van der Waals surface area contributed by atoms with Gasteiger partial charge >= 0.3 is 0 Å². The number of benzene rings is 1. The summed E-state index contributed by atoms with van der Waals surface area (Å²) in [5.41, 5.74) is 1.48. The van der Waals surface area contributed by atoms with Crippen molar-refractivity contribution in [3.8, 4) is 0 Å². The third-order valence-electron chi connectivity index (χ3n) is 4.14. The highest BCUT2D eigenvalue weighted by Gasteiger charge is 2.30. The number of hydrogen-bond donors (Lipinski definition) is 2. The summed E-state index contributed by atoms with van der Waals surface area (Å²) in [4.78, 5) is 0. The van der Waals surface area contributed by atoms with Gasteiger partial charge in [0.15, 0.2) is 0 Å². The molecule has 1 aromatic carbocycles. The highest BCUT2D eigenvalue weighted by atomic mass is 32.2. The van der Waals surface area contributed by atoms with Crippen molar-refractivity contribution in [2.24, 2.45) is 0 Å². The Morgan fingerprint density at radius 2 is 2.05 bits per heavy atom. The number of nitrogens with one attached hydrogen (secondary N) is 1. The van der Waals surface area contributed by atoms with E-state index in [1.165, 1.54) is 31.2 Å². The van der Waals surface area contributed by atoms with Crippen LogP contribution in [0.2, 0.25) is 0 Å². The molecule has 0 aliphatic heterocycles. The molecule has 3 atom stereocenters. The number of thioether (sulfide) groups is 1. The van der Waals surface area contributed by atoms with E-state index in [2.05, 4.69) is 42.6 Å². The molecule has 1 aliphatic carbocycles. The Bertz CT molecular complexity index is 371. The number of hydrogen-bond acceptors (Lipinski definition) is 3. The molecule has 0 bridgehead atoms. The molecule has 2 nitrogen and oxygen atoms in total. The zero-order valence-electron chi connectivity index (χ0n) is 12.4. The van der Waals surface area contributed by atoms with Gasteiger partial charge in [0.1, 0.15) is 0 Å². The first-order valence-corrected chi connectivity index (χ1v) is 8.90. The molecule has 1 saturated carbocycles. The summed E-state index contributed by atoms with van der Waals surface area (Å²) >= 11 is 1.94. The van der Waals surface area contributed by atoms with Gasteiger partial charge < -0.3 is 10.4 Å². The van der Waals surface area contributed by atoms with Gasteiger partial charge in [0.2, 0.25) is 0 Å². The Labute approximate surface area is 127 Å². The van der Waals surface area contributed by atoms with Crippen LogP contribution in [0.25, 0.3) is 0 Å². The SMILES string of the molecule is CCCNC1CCC(c2ccccc2)CC1SCCO. The fourth-order valence-corrected chi connectivity index (χ4v) is 4.35. The molecule has 0 aromatic heterocycles. The maximum absolute atomic E-state index is 9.10. The van der Waals surface area contributed by atoms with Crippen molar-refractivity contribution in [3.63, 3.8) is 0 Å². The lowest BCUT2D eigenvalue weighted by Crippen LogP contribution is -2.42. The first kappa shape index (κ1) is 15.9. The largest absolute Gasteiger partial charge is 0.396 e. The smallest absolute Gasteiger partial charge is 0.0521 e. The lowest BCUT2D eigenvalue weighted by Gasteiger charge is -2.36. The molecule has 0 amide bonds. The van der Waals surface area contributed by atoms with Crippen LogP contribution >= 0.6 is 11.8 Å². The van der Waals surface area contributed by atoms with Crippen molar-refractivity contribution >= 4 is 11.8 Å². The first-order valence-electron chi connectivity index (χ1n) is 7.86. The summed E-state index contributed by atoms with van der Waals surface area (Å²) in [5, 5.41) is 13.4. The Morgan fingerprint density at radius 3 is 2.75 bits per heavy atom. The molecule has 0 radical (unpaired) electrons. The van der Waals surface area contributed by atoms with Gasteiger partial charge in [-0.2, -0.15) is 11.8 Å². The minimum Gasteiger partial charge on any atom is -0.396 e. The van der Waals surface area contributed by atoms with Crippen molar-refractivity contribution < 1.29 is 5.11 Å². The Kier molecular flexibility index (Phi) is 6.91. The van der Waals surface area contributed by atoms with Crippen LogP contribution < -0.4 is 5.32 Å². The van der Waals surface area contributed by atoms with Crippen molar-refractivity contribution in [2.75, 3.05) is 18.9 Å². The van der Waals surface area contributed by atoms with Gasteiger partial charge in [-0.25, -0.2) is 0 Å². The summed E-state index contributed by atoms with van der Waals surface area (Å²) in [7, 11) is 0. The molecule has 1 fully saturated rings. The van der Waals surface area contributed by atoms with E-state index in [1.54, 1.807) is 0 Å². The highest BCUT2D eigenvalue weighted by molar-refractivity contribution is 8.00. The second-order valence-corrected chi connectivity index (χ2v) is 6.96. The van der Waals surface area contributed by atoms with Gasteiger partial charge in [-0.1, -0.05) is 37.3 Å². The third kappa shape index (κ3) is 4.51. The summed E-state index contributed by atoms with van der Waals surface area (Å²) in [5.74, 6) is 1.54. The van der Waals surface area contributed by atoms with Crippen molar-refractivity contribution in [1.82, 2.24) is 5.32 Å². The fraction of sp³-hybridized carbons (Fsp3) is 0.647. The maximum Gasteiger partial charge on any atom is 0.0521 e. The van der Waals surface area contributed by atoms with Crippen molar-refractivity contribution in [3.05, 3.63) is 35.9 Å². The molecule has 112 valence electrons. The zero-order valence-corrected chi connectivity index (χ0v) is 13.2. The van der Waals surface area contributed by atoms with Crippen LogP contribution in [0.5, 0.6) is 0 Å². The van der Waals surface area contributed by atoms with Crippen LogP contribution in [0.15, 0.2) is 30.3 Å². The van der Waals surface area contributed by atoms with Gasteiger partial charge in [0.25, 0.3) is 0 Å². The summed E-state index contributed by atoms with van der Waals surface area (Å²) in [6.45, 7) is 3.62. The molecule has 2 N–H and O–H groups in total. The van der Waals surface area contributed by atoms with Crippen LogP contribution in [0.4, 0.5) is 0 Å². The van der Waals surface area contributed by atoms with Crippen molar-refractivity contribution in [1.29, 1.82) is 0 Å². The van der Waals surface area contributed by atoms with E-state index in [0.29, 0.717) is 17.2 Å². The summed E-state index contributed by atoms with van der Waals surface area (Å²) in [6, 6.07) is 11.5. The molecule has 3 heteroatoms. The van der Waals surface area contributed by atoms with Crippen LogP contribution in [-0.4, -0.2) is 35.3 Å². The molecule has 0 saturated heterocycles. The minimum absolute atomic E-state index is 0.289. The molecule has 0 heterocycles. The molecular formula is C17H27NOS. The van der Waals surface area contributed by atoms with Gasteiger partial charge in [0.05, 0.1) is 6.61 Å². The van der Waals surface area contributed by atoms with Crippen LogP contribution in [0.3, 0.4) is 0 Å². The first-order chi connectivity index (χ1) is 9.85. The second kappa shape index (κ2) is 8.71. The van der Waals surface area contributed by atoms with Gasteiger partial charge in [-0.15, -0.1) is 0 Å². The van der Waals surface area contributed by atoms with Gasteiger partial charge in [-0.3, -0.25) is 0 Å². The van der Waals surface area contributed by atoms with E-state index < -0.39 is 0 Å². The molecule has 3 unspecified atom stereocenters. The molecule has 2 rings (SSSR count).